The smallest absolute Gasteiger partial charge is 0.337 e. The van der Waals surface area contributed by atoms with E-state index in [1.54, 1.807) is 4.90 Å². The Bertz CT molecular complexity index is 892. The molecule has 2 amide bonds. The van der Waals surface area contributed by atoms with Gasteiger partial charge in [-0.15, -0.1) is 0 Å². The summed E-state index contributed by atoms with van der Waals surface area (Å²) in [5.74, 6) is -1.12. The highest BCUT2D eigenvalue weighted by atomic mass is 19.4. The van der Waals surface area contributed by atoms with Gasteiger partial charge in [-0.1, -0.05) is 17.3 Å². The number of nitrogens with zero attached hydrogens (tertiary/aromatic N) is 4. The molecule has 7 nitrogen and oxygen atoms in total. The van der Waals surface area contributed by atoms with Gasteiger partial charge in [0.25, 0.3) is 0 Å². The fraction of sp³-hybridized carbons (Fsp3) is 0.412. The Balaban J connectivity index is 1.47. The molecular weight excluding hydrogens is 365 g/mol. The molecule has 2 aliphatic rings. The van der Waals surface area contributed by atoms with Crippen LogP contribution < -0.4 is 0 Å². The van der Waals surface area contributed by atoms with Gasteiger partial charge in [-0.25, -0.2) is 0 Å². The van der Waals surface area contributed by atoms with Gasteiger partial charge in [0.15, 0.2) is 0 Å². The van der Waals surface area contributed by atoms with E-state index >= 15 is 0 Å². The van der Waals surface area contributed by atoms with Crippen LogP contribution in [-0.2, 0) is 22.3 Å². The van der Waals surface area contributed by atoms with Gasteiger partial charge >= 0.3 is 18.0 Å². The van der Waals surface area contributed by atoms with Crippen molar-refractivity contribution < 1.29 is 27.3 Å². The molecule has 0 atom stereocenters. The Hall–Kier alpha value is -2.91. The quantitative estimate of drug-likeness (QED) is 0.759. The van der Waals surface area contributed by atoms with E-state index in [9.17, 15) is 22.8 Å². The van der Waals surface area contributed by atoms with Gasteiger partial charge in [-0.2, -0.15) is 18.2 Å². The summed E-state index contributed by atoms with van der Waals surface area (Å²) >= 11 is 0. The van der Waals surface area contributed by atoms with Crippen LogP contribution in [0.5, 0.6) is 0 Å². The summed E-state index contributed by atoms with van der Waals surface area (Å²) < 4.78 is 43.5. The van der Waals surface area contributed by atoms with Gasteiger partial charge in [0.05, 0.1) is 5.56 Å². The Morgan fingerprint density at radius 2 is 1.93 bits per heavy atom. The number of hydrogen-bond acceptors (Lipinski definition) is 5. The summed E-state index contributed by atoms with van der Waals surface area (Å²) in [7, 11) is 0. The molecule has 0 N–H and O–H groups in total. The lowest BCUT2D eigenvalue weighted by Crippen LogP contribution is -2.54. The Kier molecular flexibility index (Phi) is 4.12. The van der Waals surface area contributed by atoms with Crippen LogP contribution in [-0.4, -0.2) is 50.9 Å². The molecular formula is C17H15F3N4O3. The van der Waals surface area contributed by atoms with E-state index in [2.05, 4.69) is 10.1 Å². The minimum atomic E-state index is -4.48. The van der Waals surface area contributed by atoms with Gasteiger partial charge in [-0.05, 0) is 25.0 Å². The second-order valence-corrected chi connectivity index (χ2v) is 6.55. The SMILES string of the molecule is O=C1C(=O)N(C2CC2)CCN1Cc1nc(-c2cccc(C(F)(F)F)c2)no1. The van der Waals surface area contributed by atoms with Crippen molar-refractivity contribution in [3.05, 3.63) is 35.7 Å². The second-order valence-electron chi connectivity index (χ2n) is 6.55. The van der Waals surface area contributed by atoms with Gasteiger partial charge in [0, 0.05) is 24.7 Å². The average Bonchev–Trinajstić information content (AvgIpc) is 3.36. The number of rotatable bonds is 4. The van der Waals surface area contributed by atoms with Gasteiger partial charge in [0.2, 0.25) is 11.7 Å². The standard InChI is InChI=1S/C17H15F3N4O3/c18-17(19,20)11-3-1-2-10(8-11)14-21-13(27-22-14)9-23-6-7-24(12-4-5-12)16(26)15(23)25/h1-3,8,12H,4-7,9H2. The van der Waals surface area contributed by atoms with E-state index in [0.29, 0.717) is 13.1 Å². The van der Waals surface area contributed by atoms with Gasteiger partial charge in [0.1, 0.15) is 6.54 Å². The second kappa shape index (κ2) is 6.36. The number of piperazine rings is 1. The maximum Gasteiger partial charge on any atom is 0.416 e. The highest BCUT2D eigenvalue weighted by molar-refractivity contribution is 6.35. The van der Waals surface area contributed by atoms with Crippen molar-refractivity contribution >= 4 is 11.8 Å². The van der Waals surface area contributed by atoms with E-state index in [1.165, 1.54) is 17.0 Å². The first kappa shape index (κ1) is 17.5. The average molecular weight is 380 g/mol. The van der Waals surface area contributed by atoms with E-state index in [0.717, 1.165) is 25.0 Å². The van der Waals surface area contributed by atoms with Gasteiger partial charge in [-0.3, -0.25) is 9.59 Å². The molecule has 2 heterocycles. The Labute approximate surface area is 151 Å². The predicted octanol–water partition coefficient (Wildman–Crippen LogP) is 2.09. The molecule has 10 heteroatoms. The molecule has 2 aromatic rings. The van der Waals surface area contributed by atoms with Crippen LogP contribution in [0.3, 0.4) is 0 Å². The van der Waals surface area contributed by atoms with Crippen molar-refractivity contribution in [1.82, 2.24) is 19.9 Å². The number of alkyl halides is 3. The summed E-state index contributed by atoms with van der Waals surface area (Å²) in [6, 6.07) is 4.74. The number of carbonyl (C=O) groups is 2. The monoisotopic (exact) mass is 380 g/mol. The van der Waals surface area contributed by atoms with Crippen molar-refractivity contribution in [1.29, 1.82) is 0 Å². The van der Waals surface area contributed by atoms with E-state index < -0.39 is 23.6 Å². The fourth-order valence-electron chi connectivity index (χ4n) is 3.01. The van der Waals surface area contributed by atoms with E-state index in [-0.39, 0.29) is 29.9 Å². The number of amides is 2. The lowest BCUT2D eigenvalue weighted by Gasteiger charge is -2.33. The summed E-state index contributed by atoms with van der Waals surface area (Å²) in [6.45, 7) is 0.737. The Morgan fingerprint density at radius 3 is 2.63 bits per heavy atom. The third kappa shape index (κ3) is 3.51. The third-order valence-electron chi connectivity index (χ3n) is 4.57. The summed E-state index contributed by atoms with van der Waals surface area (Å²) in [5.41, 5.74) is -0.663. The lowest BCUT2D eigenvalue weighted by molar-refractivity contribution is -0.157. The highest BCUT2D eigenvalue weighted by Crippen LogP contribution is 2.32. The molecule has 4 rings (SSSR count). The normalized spacial score (nSPS) is 18.3. The minimum absolute atomic E-state index is 0.00788. The third-order valence-corrected chi connectivity index (χ3v) is 4.57. The molecule has 1 saturated carbocycles. The van der Waals surface area contributed by atoms with Gasteiger partial charge < -0.3 is 14.3 Å². The topological polar surface area (TPSA) is 79.5 Å². The molecule has 0 bridgehead atoms. The van der Waals surface area contributed by atoms with Crippen LogP contribution in [0.4, 0.5) is 13.2 Å². The molecule has 1 aromatic heterocycles. The van der Waals surface area contributed by atoms with Crippen LogP contribution >= 0.6 is 0 Å². The molecule has 0 radical (unpaired) electrons. The zero-order valence-electron chi connectivity index (χ0n) is 14.1. The molecule has 1 aliphatic carbocycles. The highest BCUT2D eigenvalue weighted by Gasteiger charge is 2.40. The minimum Gasteiger partial charge on any atom is -0.337 e. The Morgan fingerprint density at radius 1 is 1.15 bits per heavy atom. The van der Waals surface area contributed by atoms with Crippen molar-refractivity contribution in [2.45, 2.75) is 31.6 Å². The van der Waals surface area contributed by atoms with Crippen molar-refractivity contribution in [3.63, 3.8) is 0 Å². The summed E-state index contributed by atoms with van der Waals surface area (Å²) in [4.78, 5) is 31.3. The number of aromatic nitrogens is 2. The number of hydrogen-bond donors (Lipinski definition) is 0. The fourth-order valence-corrected chi connectivity index (χ4v) is 3.01. The molecule has 2 fully saturated rings. The van der Waals surface area contributed by atoms with Crippen LogP contribution in [0.15, 0.2) is 28.8 Å². The summed E-state index contributed by atoms with van der Waals surface area (Å²) in [5, 5.41) is 3.69. The first-order chi connectivity index (χ1) is 12.8. The number of halogens is 3. The largest absolute Gasteiger partial charge is 0.416 e. The first-order valence-corrected chi connectivity index (χ1v) is 8.43. The van der Waals surface area contributed by atoms with Crippen molar-refractivity contribution in [2.75, 3.05) is 13.1 Å². The molecule has 1 aliphatic heterocycles. The zero-order valence-corrected chi connectivity index (χ0v) is 14.1. The molecule has 1 saturated heterocycles. The van der Waals surface area contributed by atoms with E-state index in [4.69, 9.17) is 4.52 Å². The summed E-state index contributed by atoms with van der Waals surface area (Å²) in [6.07, 6.45) is -2.64. The number of carbonyl (C=O) groups excluding carboxylic acids is 2. The van der Waals surface area contributed by atoms with Crippen LogP contribution in [0.2, 0.25) is 0 Å². The molecule has 1 aromatic carbocycles. The van der Waals surface area contributed by atoms with Crippen molar-refractivity contribution in [3.8, 4) is 11.4 Å². The van der Waals surface area contributed by atoms with Crippen molar-refractivity contribution in [2.24, 2.45) is 0 Å². The zero-order chi connectivity index (χ0) is 19.2. The molecule has 142 valence electrons. The van der Waals surface area contributed by atoms with Crippen LogP contribution in [0.25, 0.3) is 11.4 Å². The lowest BCUT2D eigenvalue weighted by atomic mass is 10.1. The maximum absolute atomic E-state index is 12.8. The predicted molar refractivity (Wildman–Crippen MR) is 84.9 cm³/mol. The van der Waals surface area contributed by atoms with E-state index in [1.807, 2.05) is 0 Å². The van der Waals surface area contributed by atoms with Crippen LogP contribution in [0.1, 0.15) is 24.3 Å². The molecule has 27 heavy (non-hydrogen) atoms. The number of benzene rings is 1. The first-order valence-electron chi connectivity index (χ1n) is 8.43. The van der Waals surface area contributed by atoms with Crippen LogP contribution in [0, 0.1) is 0 Å². The molecule has 0 unspecified atom stereocenters. The maximum atomic E-state index is 12.8. The molecule has 0 spiro atoms.